The number of nitrogens with one attached hydrogen (secondary N) is 1. The van der Waals surface area contributed by atoms with E-state index >= 15 is 0 Å². The molecule has 5 nitrogen and oxygen atoms in total. The first-order chi connectivity index (χ1) is 15.0. The van der Waals surface area contributed by atoms with Gasteiger partial charge in [0.2, 0.25) is 5.91 Å². The van der Waals surface area contributed by atoms with Crippen LogP contribution in [0.15, 0.2) is 54.9 Å². The second-order valence-corrected chi connectivity index (χ2v) is 8.57. The van der Waals surface area contributed by atoms with E-state index in [4.69, 9.17) is 0 Å². The van der Waals surface area contributed by atoms with Crippen LogP contribution in [0.1, 0.15) is 72.5 Å². The molecule has 1 atom stereocenters. The van der Waals surface area contributed by atoms with Crippen molar-refractivity contribution in [2.75, 3.05) is 0 Å². The third kappa shape index (κ3) is 4.66. The number of hydrogen-bond donors (Lipinski definition) is 1. The van der Waals surface area contributed by atoms with Gasteiger partial charge in [0.1, 0.15) is 11.9 Å². The molecule has 4 rings (SSSR count). The van der Waals surface area contributed by atoms with Crippen LogP contribution in [0.2, 0.25) is 0 Å². The molecule has 2 heterocycles. The Morgan fingerprint density at radius 2 is 1.90 bits per heavy atom. The molecular weight excluding hydrogens is 384 g/mol. The summed E-state index contributed by atoms with van der Waals surface area (Å²) < 4.78 is 4.41. The zero-order valence-corrected chi connectivity index (χ0v) is 18.7. The van der Waals surface area contributed by atoms with Crippen molar-refractivity contribution >= 4 is 12.0 Å². The van der Waals surface area contributed by atoms with Gasteiger partial charge in [-0.15, -0.1) is 0 Å². The SMILES string of the molecule is Cc1cc(/C=C/C(=O)NC(c2ccccc2)c2nccn2C)c(C)n1C1CCCCC1. The molecule has 0 aliphatic heterocycles. The molecule has 2 aromatic heterocycles. The van der Waals surface area contributed by atoms with Crippen LogP contribution in [0, 0.1) is 13.8 Å². The molecule has 1 aliphatic carbocycles. The minimum Gasteiger partial charge on any atom is -0.346 e. The second-order valence-electron chi connectivity index (χ2n) is 8.57. The molecule has 31 heavy (non-hydrogen) atoms. The summed E-state index contributed by atoms with van der Waals surface area (Å²) in [6.07, 6.45) is 13.7. The highest BCUT2D eigenvalue weighted by Crippen LogP contribution is 2.32. The lowest BCUT2D eigenvalue weighted by atomic mass is 9.95. The Hall–Kier alpha value is -3.08. The fraction of sp³-hybridized carbons (Fsp3) is 0.385. The first-order valence-corrected chi connectivity index (χ1v) is 11.2. The van der Waals surface area contributed by atoms with Crippen molar-refractivity contribution < 1.29 is 4.79 Å². The highest BCUT2D eigenvalue weighted by molar-refractivity contribution is 5.92. The molecule has 1 aromatic carbocycles. The van der Waals surface area contributed by atoms with E-state index < -0.39 is 0 Å². The lowest BCUT2D eigenvalue weighted by molar-refractivity contribution is -0.117. The lowest BCUT2D eigenvalue weighted by Gasteiger charge is -2.26. The fourth-order valence-electron chi connectivity index (χ4n) is 4.83. The summed E-state index contributed by atoms with van der Waals surface area (Å²) in [4.78, 5) is 17.3. The Morgan fingerprint density at radius 3 is 2.58 bits per heavy atom. The third-order valence-electron chi connectivity index (χ3n) is 6.41. The maximum atomic E-state index is 12.9. The van der Waals surface area contributed by atoms with Crippen LogP contribution in [0.3, 0.4) is 0 Å². The summed E-state index contributed by atoms with van der Waals surface area (Å²) in [5.41, 5.74) is 4.65. The standard InChI is InChI=1S/C26H32N4O/c1-19-18-22(20(2)30(19)23-12-8-5-9-13-23)14-15-24(31)28-25(21-10-6-4-7-11-21)26-27-16-17-29(26)3/h4,6-7,10-11,14-18,23,25H,5,8-9,12-13H2,1-3H3,(H,28,31)/b15-14+. The maximum Gasteiger partial charge on any atom is 0.244 e. The average molecular weight is 417 g/mol. The molecule has 1 unspecified atom stereocenters. The monoisotopic (exact) mass is 416 g/mol. The molecule has 1 amide bonds. The van der Waals surface area contributed by atoms with Crippen LogP contribution in [0.25, 0.3) is 6.08 Å². The quantitative estimate of drug-likeness (QED) is 0.557. The Kier molecular flexibility index (Phi) is 6.40. The first-order valence-electron chi connectivity index (χ1n) is 11.2. The summed E-state index contributed by atoms with van der Waals surface area (Å²) in [6.45, 7) is 4.34. The van der Waals surface area contributed by atoms with Crippen molar-refractivity contribution in [3.63, 3.8) is 0 Å². The molecule has 1 fully saturated rings. The van der Waals surface area contributed by atoms with Gasteiger partial charge in [0, 0.05) is 42.9 Å². The minimum atomic E-state index is -0.298. The zero-order valence-electron chi connectivity index (χ0n) is 18.7. The Bertz CT molecular complexity index is 1050. The average Bonchev–Trinajstić information content (AvgIpc) is 3.33. The molecule has 162 valence electrons. The van der Waals surface area contributed by atoms with Gasteiger partial charge in [-0.05, 0) is 50.0 Å². The van der Waals surface area contributed by atoms with Crippen molar-refractivity contribution in [3.8, 4) is 0 Å². The molecule has 0 radical (unpaired) electrons. The topological polar surface area (TPSA) is 51.9 Å². The van der Waals surface area contributed by atoms with Crippen molar-refractivity contribution in [3.05, 3.63) is 83.2 Å². The largest absolute Gasteiger partial charge is 0.346 e. The van der Waals surface area contributed by atoms with E-state index in [9.17, 15) is 4.79 Å². The van der Waals surface area contributed by atoms with E-state index in [-0.39, 0.29) is 11.9 Å². The van der Waals surface area contributed by atoms with Crippen molar-refractivity contribution in [2.45, 2.75) is 58.0 Å². The van der Waals surface area contributed by atoms with Crippen LogP contribution in [0.5, 0.6) is 0 Å². The number of carbonyl (C=O) groups excluding carboxylic acids is 1. The van der Waals surface area contributed by atoms with Gasteiger partial charge in [-0.1, -0.05) is 49.6 Å². The summed E-state index contributed by atoms with van der Waals surface area (Å²) in [5.74, 6) is 0.683. The number of hydrogen-bond acceptors (Lipinski definition) is 2. The molecule has 3 aromatic rings. The Balaban J connectivity index is 1.53. The van der Waals surface area contributed by atoms with Gasteiger partial charge in [-0.25, -0.2) is 4.98 Å². The fourth-order valence-corrected chi connectivity index (χ4v) is 4.83. The molecule has 0 spiro atoms. The summed E-state index contributed by atoms with van der Waals surface area (Å²) >= 11 is 0. The van der Waals surface area contributed by atoms with Crippen molar-refractivity contribution in [1.82, 2.24) is 19.4 Å². The highest BCUT2D eigenvalue weighted by atomic mass is 16.1. The van der Waals surface area contributed by atoms with E-state index in [2.05, 4.69) is 34.8 Å². The summed E-state index contributed by atoms with van der Waals surface area (Å²) in [5, 5.41) is 3.14. The zero-order chi connectivity index (χ0) is 21.8. The second kappa shape index (κ2) is 9.38. The molecular formula is C26H32N4O. The van der Waals surface area contributed by atoms with Gasteiger partial charge in [0.05, 0.1) is 0 Å². The molecule has 1 saturated carbocycles. The van der Waals surface area contributed by atoms with Gasteiger partial charge in [-0.3, -0.25) is 4.79 Å². The number of imidazole rings is 1. The predicted octanol–water partition coefficient (Wildman–Crippen LogP) is 5.26. The summed E-state index contributed by atoms with van der Waals surface area (Å²) in [6, 6.07) is 12.5. The molecule has 1 N–H and O–H groups in total. The van der Waals surface area contributed by atoms with Crippen molar-refractivity contribution in [1.29, 1.82) is 0 Å². The van der Waals surface area contributed by atoms with Gasteiger partial charge in [-0.2, -0.15) is 0 Å². The number of rotatable bonds is 6. The van der Waals surface area contributed by atoms with E-state index in [0.717, 1.165) is 17.0 Å². The molecule has 0 bridgehead atoms. The number of benzene rings is 1. The molecule has 1 aliphatic rings. The number of nitrogens with zero attached hydrogens (tertiary/aromatic N) is 3. The summed E-state index contributed by atoms with van der Waals surface area (Å²) in [7, 11) is 1.94. The van der Waals surface area contributed by atoms with Gasteiger partial charge in [0.25, 0.3) is 0 Å². The van der Waals surface area contributed by atoms with Gasteiger partial charge in [0.15, 0.2) is 0 Å². The van der Waals surface area contributed by atoms with Crippen LogP contribution >= 0.6 is 0 Å². The van der Waals surface area contributed by atoms with E-state index in [1.807, 2.05) is 54.2 Å². The van der Waals surface area contributed by atoms with Crippen LogP contribution in [-0.4, -0.2) is 20.0 Å². The van der Waals surface area contributed by atoms with E-state index in [1.165, 1.54) is 43.5 Å². The molecule has 5 heteroatoms. The van der Waals surface area contributed by atoms with Crippen LogP contribution in [0.4, 0.5) is 0 Å². The number of aryl methyl sites for hydroxylation is 2. The number of aromatic nitrogens is 3. The third-order valence-corrected chi connectivity index (χ3v) is 6.41. The smallest absolute Gasteiger partial charge is 0.244 e. The Labute approximate surface area is 184 Å². The highest BCUT2D eigenvalue weighted by Gasteiger charge is 2.21. The number of carbonyl (C=O) groups is 1. The van der Waals surface area contributed by atoms with Crippen LogP contribution < -0.4 is 5.32 Å². The van der Waals surface area contributed by atoms with Gasteiger partial charge >= 0.3 is 0 Å². The number of amides is 1. The van der Waals surface area contributed by atoms with E-state index in [0.29, 0.717) is 6.04 Å². The van der Waals surface area contributed by atoms with Crippen molar-refractivity contribution in [2.24, 2.45) is 7.05 Å². The first kappa shape index (κ1) is 21.2. The maximum absolute atomic E-state index is 12.9. The Morgan fingerprint density at radius 1 is 1.16 bits per heavy atom. The molecule has 0 saturated heterocycles. The lowest BCUT2D eigenvalue weighted by Crippen LogP contribution is -2.29. The minimum absolute atomic E-state index is 0.126. The normalized spacial score (nSPS) is 16.0. The predicted molar refractivity (Wildman–Crippen MR) is 125 cm³/mol. The van der Waals surface area contributed by atoms with E-state index in [1.54, 1.807) is 12.3 Å². The van der Waals surface area contributed by atoms with Crippen LogP contribution in [-0.2, 0) is 11.8 Å². The van der Waals surface area contributed by atoms with Gasteiger partial charge < -0.3 is 14.5 Å².